The number of ether oxygens (including phenoxy) is 1. The highest BCUT2D eigenvalue weighted by Gasteiger charge is 2.35. The summed E-state index contributed by atoms with van der Waals surface area (Å²) in [7, 11) is 0. The fourth-order valence-corrected chi connectivity index (χ4v) is 3.88. The highest BCUT2D eigenvalue weighted by molar-refractivity contribution is 9.10. The predicted molar refractivity (Wildman–Crippen MR) is 86.8 cm³/mol. The maximum atomic E-state index is 11.1. The SMILES string of the molecule is CCOc1ccc(CCC2(CC(=O)O)CCCC2)cc1Br. The van der Waals surface area contributed by atoms with Crippen molar-refractivity contribution < 1.29 is 14.6 Å². The van der Waals surface area contributed by atoms with Gasteiger partial charge in [-0.3, -0.25) is 4.79 Å². The van der Waals surface area contributed by atoms with Crippen molar-refractivity contribution in [2.45, 2.75) is 51.9 Å². The van der Waals surface area contributed by atoms with Gasteiger partial charge in [0.05, 0.1) is 17.5 Å². The van der Waals surface area contributed by atoms with E-state index in [1.54, 1.807) is 0 Å². The van der Waals surface area contributed by atoms with Gasteiger partial charge in [0.2, 0.25) is 0 Å². The summed E-state index contributed by atoms with van der Waals surface area (Å²) in [6.45, 7) is 2.62. The fraction of sp³-hybridized carbons (Fsp3) is 0.588. The molecule has 0 saturated heterocycles. The van der Waals surface area contributed by atoms with Crippen LogP contribution >= 0.6 is 15.9 Å². The molecule has 0 radical (unpaired) electrons. The number of carbonyl (C=O) groups is 1. The largest absolute Gasteiger partial charge is 0.493 e. The van der Waals surface area contributed by atoms with Gasteiger partial charge in [0, 0.05) is 0 Å². The minimum absolute atomic E-state index is 0.0108. The summed E-state index contributed by atoms with van der Waals surface area (Å²) in [5, 5.41) is 9.15. The number of aryl methyl sites for hydroxylation is 1. The first-order valence-electron chi connectivity index (χ1n) is 7.68. The number of hydrogen-bond acceptors (Lipinski definition) is 2. The van der Waals surface area contributed by atoms with Crippen LogP contribution in [0.1, 0.15) is 51.0 Å². The van der Waals surface area contributed by atoms with E-state index in [1.807, 2.05) is 13.0 Å². The van der Waals surface area contributed by atoms with E-state index in [1.165, 1.54) is 18.4 Å². The van der Waals surface area contributed by atoms with Crippen molar-refractivity contribution in [3.8, 4) is 5.75 Å². The molecule has 4 heteroatoms. The van der Waals surface area contributed by atoms with Crippen LogP contribution in [0.5, 0.6) is 5.75 Å². The Morgan fingerprint density at radius 1 is 1.38 bits per heavy atom. The number of hydrogen-bond donors (Lipinski definition) is 1. The second-order valence-electron chi connectivity index (χ2n) is 5.98. The number of rotatable bonds is 7. The molecule has 0 unspecified atom stereocenters. The average molecular weight is 355 g/mol. The molecule has 0 aromatic heterocycles. The summed E-state index contributed by atoms with van der Waals surface area (Å²) in [4.78, 5) is 11.1. The number of benzene rings is 1. The molecule has 116 valence electrons. The molecule has 1 fully saturated rings. The highest BCUT2D eigenvalue weighted by atomic mass is 79.9. The van der Waals surface area contributed by atoms with Gasteiger partial charge in [0.15, 0.2) is 0 Å². The molecule has 1 aromatic rings. The first-order valence-corrected chi connectivity index (χ1v) is 8.47. The van der Waals surface area contributed by atoms with E-state index in [4.69, 9.17) is 9.84 Å². The van der Waals surface area contributed by atoms with Crippen LogP contribution in [0.3, 0.4) is 0 Å². The van der Waals surface area contributed by atoms with Crippen LogP contribution in [0.2, 0.25) is 0 Å². The molecule has 2 rings (SSSR count). The lowest BCUT2D eigenvalue weighted by Crippen LogP contribution is -2.21. The Morgan fingerprint density at radius 2 is 2.10 bits per heavy atom. The van der Waals surface area contributed by atoms with Crippen LogP contribution in [0.4, 0.5) is 0 Å². The molecule has 0 heterocycles. The molecule has 1 N–H and O–H groups in total. The smallest absolute Gasteiger partial charge is 0.303 e. The molecule has 0 aliphatic heterocycles. The minimum atomic E-state index is -0.662. The summed E-state index contributed by atoms with van der Waals surface area (Å²) in [6.07, 6.45) is 6.64. The summed E-state index contributed by atoms with van der Waals surface area (Å²) in [6, 6.07) is 6.16. The summed E-state index contributed by atoms with van der Waals surface area (Å²) in [5.41, 5.74) is 1.25. The molecule has 1 aliphatic rings. The van der Waals surface area contributed by atoms with Crippen molar-refractivity contribution in [2.24, 2.45) is 5.41 Å². The van der Waals surface area contributed by atoms with E-state index in [0.29, 0.717) is 13.0 Å². The van der Waals surface area contributed by atoms with E-state index >= 15 is 0 Å². The zero-order valence-electron chi connectivity index (χ0n) is 12.5. The van der Waals surface area contributed by atoms with Gasteiger partial charge < -0.3 is 9.84 Å². The van der Waals surface area contributed by atoms with Crippen LogP contribution in [0.15, 0.2) is 22.7 Å². The summed E-state index contributed by atoms with van der Waals surface area (Å²) >= 11 is 3.54. The maximum absolute atomic E-state index is 11.1. The van der Waals surface area contributed by atoms with Gasteiger partial charge in [-0.1, -0.05) is 18.9 Å². The Bertz CT molecular complexity index is 493. The third-order valence-corrected chi connectivity index (χ3v) is 5.05. The zero-order valence-corrected chi connectivity index (χ0v) is 14.1. The number of halogens is 1. The van der Waals surface area contributed by atoms with Gasteiger partial charge in [-0.15, -0.1) is 0 Å². The molecule has 1 saturated carbocycles. The zero-order chi connectivity index (χ0) is 15.3. The van der Waals surface area contributed by atoms with Gasteiger partial charge in [0.1, 0.15) is 5.75 Å². The second-order valence-corrected chi connectivity index (χ2v) is 6.83. The van der Waals surface area contributed by atoms with Crippen molar-refractivity contribution >= 4 is 21.9 Å². The fourth-order valence-electron chi connectivity index (χ4n) is 3.34. The van der Waals surface area contributed by atoms with E-state index in [0.717, 1.165) is 35.9 Å². The van der Waals surface area contributed by atoms with Crippen LogP contribution in [-0.4, -0.2) is 17.7 Å². The third kappa shape index (κ3) is 4.47. The van der Waals surface area contributed by atoms with Crippen molar-refractivity contribution in [1.29, 1.82) is 0 Å². The normalized spacial score (nSPS) is 16.9. The topological polar surface area (TPSA) is 46.5 Å². The van der Waals surface area contributed by atoms with Crippen LogP contribution in [-0.2, 0) is 11.2 Å². The molecule has 0 spiro atoms. The average Bonchev–Trinajstić information content (AvgIpc) is 2.87. The first-order chi connectivity index (χ1) is 10.0. The first kappa shape index (κ1) is 16.3. The lowest BCUT2D eigenvalue weighted by atomic mass is 9.77. The van der Waals surface area contributed by atoms with E-state index < -0.39 is 5.97 Å². The summed E-state index contributed by atoms with van der Waals surface area (Å²) < 4.78 is 6.49. The number of aliphatic carboxylic acids is 1. The molecular formula is C17H23BrO3. The Hall–Kier alpha value is -1.03. The molecule has 3 nitrogen and oxygen atoms in total. The van der Waals surface area contributed by atoms with Crippen LogP contribution in [0.25, 0.3) is 0 Å². The van der Waals surface area contributed by atoms with Gasteiger partial charge in [0.25, 0.3) is 0 Å². The van der Waals surface area contributed by atoms with Crippen LogP contribution < -0.4 is 4.74 Å². The van der Waals surface area contributed by atoms with Crippen molar-refractivity contribution in [1.82, 2.24) is 0 Å². The Kier molecular flexibility index (Phi) is 5.68. The molecule has 1 aliphatic carbocycles. The molecule has 21 heavy (non-hydrogen) atoms. The van der Waals surface area contributed by atoms with E-state index in [9.17, 15) is 4.79 Å². The van der Waals surface area contributed by atoms with Gasteiger partial charge in [-0.25, -0.2) is 0 Å². The molecular weight excluding hydrogens is 332 g/mol. The summed E-state index contributed by atoms with van der Waals surface area (Å²) in [5.74, 6) is 0.201. The van der Waals surface area contributed by atoms with E-state index in [-0.39, 0.29) is 5.41 Å². The lowest BCUT2D eigenvalue weighted by molar-refractivity contribution is -0.139. The van der Waals surface area contributed by atoms with Crippen molar-refractivity contribution in [3.63, 3.8) is 0 Å². The Labute approximate surface area is 134 Å². The predicted octanol–water partition coefficient (Wildman–Crippen LogP) is 4.82. The standard InChI is InChI=1S/C17H23BrO3/c1-2-21-15-6-5-13(11-14(15)18)7-10-17(12-16(19)20)8-3-4-9-17/h5-6,11H,2-4,7-10,12H2,1H3,(H,19,20). The minimum Gasteiger partial charge on any atom is -0.493 e. The van der Waals surface area contributed by atoms with E-state index in [2.05, 4.69) is 28.1 Å². The molecule has 1 aromatic carbocycles. The van der Waals surface area contributed by atoms with Gasteiger partial charge >= 0.3 is 5.97 Å². The highest BCUT2D eigenvalue weighted by Crippen LogP contribution is 2.45. The molecule has 0 atom stereocenters. The van der Waals surface area contributed by atoms with Crippen molar-refractivity contribution in [3.05, 3.63) is 28.2 Å². The van der Waals surface area contributed by atoms with Crippen LogP contribution in [0, 0.1) is 5.41 Å². The Balaban J connectivity index is 2.00. The monoisotopic (exact) mass is 354 g/mol. The molecule has 0 bridgehead atoms. The van der Waals surface area contributed by atoms with Crippen molar-refractivity contribution in [2.75, 3.05) is 6.61 Å². The third-order valence-electron chi connectivity index (χ3n) is 4.43. The number of carboxylic acid groups (broad SMARTS) is 1. The Morgan fingerprint density at radius 3 is 2.67 bits per heavy atom. The quantitative estimate of drug-likeness (QED) is 0.763. The van der Waals surface area contributed by atoms with Gasteiger partial charge in [-0.05, 0) is 71.6 Å². The molecule has 0 amide bonds. The van der Waals surface area contributed by atoms with Gasteiger partial charge in [-0.2, -0.15) is 0 Å². The lowest BCUT2D eigenvalue weighted by Gasteiger charge is -2.27. The second kappa shape index (κ2) is 7.30. The maximum Gasteiger partial charge on any atom is 0.303 e. The number of carboxylic acids is 1.